The lowest BCUT2D eigenvalue weighted by molar-refractivity contribution is -0.142. The Bertz CT molecular complexity index is 760. The molecule has 2 aromatic rings. The van der Waals surface area contributed by atoms with Crippen molar-refractivity contribution in [2.24, 2.45) is 5.92 Å². The van der Waals surface area contributed by atoms with Gasteiger partial charge < -0.3 is 9.84 Å². The third-order valence-electron chi connectivity index (χ3n) is 4.57. The molecule has 1 fully saturated rings. The van der Waals surface area contributed by atoms with Gasteiger partial charge in [0.15, 0.2) is 0 Å². The van der Waals surface area contributed by atoms with Crippen molar-refractivity contribution in [3.63, 3.8) is 0 Å². The van der Waals surface area contributed by atoms with Crippen LogP contribution in [0, 0.1) is 5.92 Å². The van der Waals surface area contributed by atoms with Crippen LogP contribution in [0.2, 0.25) is 10.0 Å². The Kier molecular flexibility index (Phi) is 4.26. The summed E-state index contributed by atoms with van der Waals surface area (Å²) >= 11 is 12.3. The van der Waals surface area contributed by atoms with Gasteiger partial charge in [-0.2, -0.15) is 0 Å². The Labute approximate surface area is 144 Å². The number of carbonyl (C=O) groups excluding carboxylic acids is 1. The largest absolute Gasteiger partial charge is 0.508 e. The minimum absolute atomic E-state index is 0.0941. The van der Waals surface area contributed by atoms with E-state index in [9.17, 15) is 9.90 Å². The van der Waals surface area contributed by atoms with E-state index in [1.54, 1.807) is 24.3 Å². The fraction of sp³-hybridized carbons (Fsp3) is 0.278. The summed E-state index contributed by atoms with van der Waals surface area (Å²) in [5, 5.41) is 11.5. The second kappa shape index (κ2) is 6.06. The Balaban J connectivity index is 2.25. The number of halogens is 2. The van der Waals surface area contributed by atoms with Crippen molar-refractivity contribution in [2.45, 2.75) is 18.8 Å². The molecule has 3 rings (SSSR count). The predicted molar refractivity (Wildman–Crippen MR) is 90.1 cm³/mol. The fourth-order valence-corrected chi connectivity index (χ4v) is 3.66. The Morgan fingerprint density at radius 2 is 1.91 bits per heavy atom. The van der Waals surface area contributed by atoms with Crippen LogP contribution in [0.3, 0.4) is 0 Å². The molecule has 0 amide bonds. The molecule has 1 N–H and O–H groups in total. The summed E-state index contributed by atoms with van der Waals surface area (Å²) in [7, 11) is 0. The number of carbonyl (C=O) groups is 1. The molecule has 1 saturated heterocycles. The summed E-state index contributed by atoms with van der Waals surface area (Å²) < 4.78 is 5.17. The molecule has 1 aliphatic rings. The van der Waals surface area contributed by atoms with Crippen molar-refractivity contribution in [2.75, 3.05) is 6.61 Å². The number of rotatable bonds is 3. The number of hydrogen-bond acceptors (Lipinski definition) is 3. The van der Waals surface area contributed by atoms with Crippen LogP contribution in [0.4, 0.5) is 0 Å². The van der Waals surface area contributed by atoms with Crippen LogP contribution in [0.25, 0.3) is 0 Å². The summed E-state index contributed by atoms with van der Waals surface area (Å²) in [5.41, 5.74) is 0.649. The molecule has 0 spiro atoms. The average molecular weight is 351 g/mol. The lowest BCUT2D eigenvalue weighted by Crippen LogP contribution is -2.36. The molecule has 0 radical (unpaired) electrons. The Hall–Kier alpha value is -1.71. The molecular weight excluding hydrogens is 335 g/mol. The first kappa shape index (κ1) is 16.2. The fourth-order valence-electron chi connectivity index (χ4n) is 3.30. The van der Waals surface area contributed by atoms with Gasteiger partial charge in [-0.3, -0.25) is 4.79 Å². The summed E-state index contributed by atoms with van der Waals surface area (Å²) in [6.45, 7) is 2.29. The SMILES string of the molecule is CC(c1cccc(Cl)c1)(c1cc(Cl)ccc1O)C1CCOC1=O. The number of cyclic esters (lactones) is 1. The first-order valence-electron chi connectivity index (χ1n) is 7.34. The molecule has 2 aromatic carbocycles. The lowest BCUT2D eigenvalue weighted by atomic mass is 9.66. The molecule has 0 bridgehead atoms. The van der Waals surface area contributed by atoms with Crippen LogP contribution < -0.4 is 0 Å². The second-order valence-electron chi connectivity index (χ2n) is 5.88. The van der Waals surface area contributed by atoms with E-state index >= 15 is 0 Å². The summed E-state index contributed by atoms with van der Waals surface area (Å²) in [6, 6.07) is 12.2. The molecule has 2 unspecified atom stereocenters. The maximum absolute atomic E-state index is 12.3. The zero-order valence-electron chi connectivity index (χ0n) is 12.6. The number of phenols is 1. The Morgan fingerprint density at radius 3 is 2.57 bits per heavy atom. The molecule has 0 aliphatic carbocycles. The van der Waals surface area contributed by atoms with Gasteiger partial charge in [-0.1, -0.05) is 42.3 Å². The molecule has 2 atom stereocenters. The normalized spacial score (nSPS) is 20.1. The van der Waals surface area contributed by atoms with Crippen molar-refractivity contribution in [3.8, 4) is 5.75 Å². The molecule has 1 aliphatic heterocycles. The van der Waals surface area contributed by atoms with E-state index in [0.717, 1.165) is 5.56 Å². The second-order valence-corrected chi connectivity index (χ2v) is 6.76. The average Bonchev–Trinajstić information content (AvgIpc) is 2.95. The lowest BCUT2D eigenvalue weighted by Gasteiger charge is -2.35. The van der Waals surface area contributed by atoms with Crippen LogP contribution in [-0.2, 0) is 14.9 Å². The highest BCUT2D eigenvalue weighted by atomic mass is 35.5. The van der Waals surface area contributed by atoms with Gasteiger partial charge in [0.1, 0.15) is 5.75 Å². The monoisotopic (exact) mass is 350 g/mol. The highest BCUT2D eigenvalue weighted by Crippen LogP contribution is 2.47. The molecule has 0 saturated carbocycles. The molecule has 120 valence electrons. The molecule has 23 heavy (non-hydrogen) atoms. The maximum Gasteiger partial charge on any atom is 0.310 e. The Morgan fingerprint density at radius 1 is 1.17 bits per heavy atom. The quantitative estimate of drug-likeness (QED) is 0.824. The van der Waals surface area contributed by atoms with Crippen LogP contribution >= 0.6 is 23.2 Å². The van der Waals surface area contributed by atoms with E-state index in [4.69, 9.17) is 27.9 Å². The minimum Gasteiger partial charge on any atom is -0.508 e. The van der Waals surface area contributed by atoms with Crippen molar-refractivity contribution >= 4 is 29.2 Å². The van der Waals surface area contributed by atoms with Gasteiger partial charge in [0.25, 0.3) is 0 Å². The van der Waals surface area contributed by atoms with E-state index in [1.165, 1.54) is 0 Å². The number of esters is 1. The molecular formula is C18H16Cl2O3. The van der Waals surface area contributed by atoms with E-state index in [0.29, 0.717) is 28.6 Å². The van der Waals surface area contributed by atoms with Crippen LogP contribution in [-0.4, -0.2) is 17.7 Å². The van der Waals surface area contributed by atoms with E-state index < -0.39 is 11.3 Å². The van der Waals surface area contributed by atoms with E-state index in [-0.39, 0.29) is 11.7 Å². The van der Waals surface area contributed by atoms with Gasteiger partial charge in [-0.15, -0.1) is 0 Å². The maximum atomic E-state index is 12.3. The standard InChI is InChI=1S/C18H16Cl2O3/c1-18(14-7-8-23-17(14)22,11-3-2-4-12(19)9-11)15-10-13(20)5-6-16(15)21/h2-6,9-10,14,21H,7-8H2,1H3. The van der Waals surface area contributed by atoms with Gasteiger partial charge in [0, 0.05) is 21.0 Å². The van der Waals surface area contributed by atoms with Gasteiger partial charge in [-0.25, -0.2) is 0 Å². The molecule has 0 aromatic heterocycles. The number of ether oxygens (including phenoxy) is 1. The van der Waals surface area contributed by atoms with Crippen LogP contribution in [0.15, 0.2) is 42.5 Å². The van der Waals surface area contributed by atoms with Gasteiger partial charge in [0.2, 0.25) is 0 Å². The topological polar surface area (TPSA) is 46.5 Å². The van der Waals surface area contributed by atoms with Gasteiger partial charge in [0.05, 0.1) is 12.5 Å². The molecule has 5 heteroatoms. The summed E-state index contributed by atoms with van der Waals surface area (Å²) in [6.07, 6.45) is 0.577. The number of aromatic hydroxyl groups is 1. The van der Waals surface area contributed by atoms with Crippen molar-refractivity contribution in [1.29, 1.82) is 0 Å². The van der Waals surface area contributed by atoms with Crippen molar-refractivity contribution in [3.05, 3.63) is 63.6 Å². The number of benzene rings is 2. The third kappa shape index (κ3) is 2.79. The summed E-state index contributed by atoms with van der Waals surface area (Å²) in [5.74, 6) is -0.589. The first-order chi connectivity index (χ1) is 10.9. The minimum atomic E-state index is -0.784. The van der Waals surface area contributed by atoms with E-state index in [2.05, 4.69) is 0 Å². The predicted octanol–water partition coefficient (Wildman–Crippen LogP) is 4.57. The van der Waals surface area contributed by atoms with Crippen LogP contribution in [0.5, 0.6) is 5.75 Å². The van der Waals surface area contributed by atoms with Crippen LogP contribution in [0.1, 0.15) is 24.5 Å². The highest BCUT2D eigenvalue weighted by Gasteiger charge is 2.47. The zero-order chi connectivity index (χ0) is 16.6. The first-order valence-corrected chi connectivity index (χ1v) is 8.10. The van der Waals surface area contributed by atoms with Crippen molar-refractivity contribution in [1.82, 2.24) is 0 Å². The molecule has 3 nitrogen and oxygen atoms in total. The van der Waals surface area contributed by atoms with Gasteiger partial charge >= 0.3 is 5.97 Å². The number of hydrogen-bond donors (Lipinski definition) is 1. The smallest absolute Gasteiger partial charge is 0.310 e. The number of phenolic OH excluding ortho intramolecular Hbond substituents is 1. The van der Waals surface area contributed by atoms with E-state index in [1.807, 2.05) is 25.1 Å². The zero-order valence-corrected chi connectivity index (χ0v) is 14.1. The molecule has 1 heterocycles. The van der Waals surface area contributed by atoms with Gasteiger partial charge in [-0.05, 0) is 42.3 Å². The van der Waals surface area contributed by atoms with Crippen molar-refractivity contribution < 1.29 is 14.6 Å². The summed E-state index contributed by atoms with van der Waals surface area (Å²) in [4.78, 5) is 12.3. The third-order valence-corrected chi connectivity index (χ3v) is 5.04. The highest BCUT2D eigenvalue weighted by molar-refractivity contribution is 6.31.